The highest BCUT2D eigenvalue weighted by Gasteiger charge is 2.23. The quantitative estimate of drug-likeness (QED) is 0.745. The Balaban J connectivity index is 2.47. The SMILES string of the molecule is C[C@](CO)(CCO)OCc1ccccc1. The number of hydrogen-bond acceptors (Lipinski definition) is 3. The van der Waals surface area contributed by atoms with E-state index in [1.54, 1.807) is 6.92 Å². The van der Waals surface area contributed by atoms with E-state index in [0.717, 1.165) is 5.56 Å². The Labute approximate surface area is 90.3 Å². The summed E-state index contributed by atoms with van der Waals surface area (Å²) < 4.78 is 5.60. The zero-order chi connectivity index (χ0) is 11.1. The maximum absolute atomic E-state index is 9.16. The van der Waals surface area contributed by atoms with E-state index in [2.05, 4.69) is 0 Å². The molecule has 0 saturated heterocycles. The predicted molar refractivity (Wildman–Crippen MR) is 58.4 cm³/mol. The van der Waals surface area contributed by atoms with E-state index in [1.807, 2.05) is 30.3 Å². The van der Waals surface area contributed by atoms with Gasteiger partial charge in [0.2, 0.25) is 0 Å². The molecule has 0 saturated carbocycles. The van der Waals surface area contributed by atoms with Gasteiger partial charge in [-0.25, -0.2) is 0 Å². The van der Waals surface area contributed by atoms with Crippen LogP contribution in [-0.4, -0.2) is 29.0 Å². The Morgan fingerprint density at radius 2 is 1.87 bits per heavy atom. The van der Waals surface area contributed by atoms with Crippen LogP contribution < -0.4 is 0 Å². The van der Waals surface area contributed by atoms with E-state index in [1.165, 1.54) is 0 Å². The number of aliphatic hydroxyl groups excluding tert-OH is 2. The fourth-order valence-corrected chi connectivity index (χ4v) is 1.27. The van der Waals surface area contributed by atoms with Gasteiger partial charge in [-0.2, -0.15) is 0 Å². The highest BCUT2D eigenvalue weighted by Crippen LogP contribution is 2.16. The Hall–Kier alpha value is -0.900. The third kappa shape index (κ3) is 4.00. The van der Waals surface area contributed by atoms with Crippen molar-refractivity contribution in [3.8, 4) is 0 Å². The molecule has 0 aliphatic rings. The predicted octanol–water partition coefficient (Wildman–Crippen LogP) is 1.34. The van der Waals surface area contributed by atoms with Gasteiger partial charge >= 0.3 is 0 Å². The molecule has 0 heterocycles. The zero-order valence-electron chi connectivity index (χ0n) is 9.02. The third-order valence-electron chi connectivity index (χ3n) is 2.41. The summed E-state index contributed by atoms with van der Waals surface area (Å²) in [5.74, 6) is 0. The average molecular weight is 210 g/mol. The van der Waals surface area contributed by atoms with E-state index < -0.39 is 5.60 Å². The number of hydrogen-bond donors (Lipinski definition) is 2. The van der Waals surface area contributed by atoms with Crippen LogP contribution in [-0.2, 0) is 11.3 Å². The number of benzene rings is 1. The van der Waals surface area contributed by atoms with Crippen LogP contribution in [0.5, 0.6) is 0 Å². The van der Waals surface area contributed by atoms with Gasteiger partial charge in [-0.3, -0.25) is 0 Å². The van der Waals surface area contributed by atoms with Crippen LogP contribution in [0.2, 0.25) is 0 Å². The monoisotopic (exact) mass is 210 g/mol. The first-order chi connectivity index (χ1) is 7.20. The normalized spacial score (nSPS) is 14.9. The van der Waals surface area contributed by atoms with Crippen molar-refractivity contribution >= 4 is 0 Å². The highest BCUT2D eigenvalue weighted by atomic mass is 16.5. The van der Waals surface area contributed by atoms with E-state index in [4.69, 9.17) is 14.9 Å². The Bertz CT molecular complexity index is 273. The Morgan fingerprint density at radius 1 is 1.20 bits per heavy atom. The number of ether oxygens (including phenoxy) is 1. The first-order valence-electron chi connectivity index (χ1n) is 5.10. The van der Waals surface area contributed by atoms with Gasteiger partial charge in [-0.15, -0.1) is 0 Å². The number of aliphatic hydroxyl groups is 2. The molecule has 15 heavy (non-hydrogen) atoms. The first-order valence-corrected chi connectivity index (χ1v) is 5.10. The Morgan fingerprint density at radius 3 is 2.40 bits per heavy atom. The van der Waals surface area contributed by atoms with E-state index >= 15 is 0 Å². The third-order valence-corrected chi connectivity index (χ3v) is 2.41. The van der Waals surface area contributed by atoms with Crippen molar-refractivity contribution in [2.24, 2.45) is 0 Å². The molecule has 1 rings (SSSR count). The minimum Gasteiger partial charge on any atom is -0.396 e. The van der Waals surface area contributed by atoms with Crippen molar-refractivity contribution in [1.82, 2.24) is 0 Å². The molecule has 1 aromatic rings. The second-order valence-electron chi connectivity index (χ2n) is 3.86. The van der Waals surface area contributed by atoms with Crippen molar-refractivity contribution in [3.63, 3.8) is 0 Å². The van der Waals surface area contributed by atoms with Gasteiger partial charge in [0.05, 0.1) is 18.8 Å². The van der Waals surface area contributed by atoms with Crippen LogP contribution in [0.15, 0.2) is 30.3 Å². The molecule has 2 N–H and O–H groups in total. The van der Waals surface area contributed by atoms with Gasteiger partial charge in [0, 0.05) is 13.0 Å². The topological polar surface area (TPSA) is 49.7 Å². The van der Waals surface area contributed by atoms with Crippen LogP contribution in [0.3, 0.4) is 0 Å². The standard InChI is InChI=1S/C12H18O3/c1-12(10-14,7-8-13)15-9-11-5-3-2-4-6-11/h2-6,13-14H,7-10H2,1H3/t12-/m1/s1. The van der Waals surface area contributed by atoms with Crippen LogP contribution in [0.25, 0.3) is 0 Å². The van der Waals surface area contributed by atoms with Crippen molar-refractivity contribution in [3.05, 3.63) is 35.9 Å². The zero-order valence-corrected chi connectivity index (χ0v) is 9.02. The van der Waals surface area contributed by atoms with Gasteiger partial charge in [0.15, 0.2) is 0 Å². The summed E-state index contributed by atoms with van der Waals surface area (Å²) >= 11 is 0. The Kier molecular flexibility index (Phi) is 4.75. The van der Waals surface area contributed by atoms with Gasteiger partial charge in [-0.1, -0.05) is 30.3 Å². The van der Waals surface area contributed by atoms with Crippen molar-refractivity contribution < 1.29 is 14.9 Å². The van der Waals surface area contributed by atoms with Gasteiger partial charge < -0.3 is 14.9 Å². The summed E-state index contributed by atoms with van der Waals surface area (Å²) in [5, 5.41) is 18.0. The molecule has 1 atom stereocenters. The van der Waals surface area contributed by atoms with Crippen LogP contribution in [0.4, 0.5) is 0 Å². The molecule has 0 aromatic heterocycles. The molecular weight excluding hydrogens is 192 g/mol. The summed E-state index contributed by atoms with van der Waals surface area (Å²) in [6, 6.07) is 9.78. The second-order valence-corrected chi connectivity index (χ2v) is 3.86. The van der Waals surface area contributed by atoms with Crippen molar-refractivity contribution in [2.75, 3.05) is 13.2 Å². The fourth-order valence-electron chi connectivity index (χ4n) is 1.27. The molecule has 0 bridgehead atoms. The van der Waals surface area contributed by atoms with Crippen molar-refractivity contribution in [2.45, 2.75) is 25.6 Å². The van der Waals surface area contributed by atoms with Gasteiger partial charge in [0.1, 0.15) is 0 Å². The average Bonchev–Trinajstić information content (AvgIpc) is 2.28. The van der Waals surface area contributed by atoms with Gasteiger partial charge in [0.25, 0.3) is 0 Å². The lowest BCUT2D eigenvalue weighted by Crippen LogP contribution is -2.34. The second kappa shape index (κ2) is 5.85. The molecule has 0 spiro atoms. The summed E-state index contributed by atoms with van der Waals surface area (Å²) in [5.41, 5.74) is 0.417. The molecule has 0 amide bonds. The largest absolute Gasteiger partial charge is 0.396 e. The number of rotatable bonds is 6. The molecule has 0 aliphatic heterocycles. The lowest BCUT2D eigenvalue weighted by Gasteiger charge is -2.27. The highest BCUT2D eigenvalue weighted by molar-refractivity contribution is 5.13. The van der Waals surface area contributed by atoms with Crippen LogP contribution in [0, 0.1) is 0 Å². The smallest absolute Gasteiger partial charge is 0.0910 e. The van der Waals surface area contributed by atoms with E-state index in [9.17, 15) is 0 Å². The maximum Gasteiger partial charge on any atom is 0.0910 e. The first kappa shape index (κ1) is 12.2. The summed E-state index contributed by atoms with van der Waals surface area (Å²) in [4.78, 5) is 0. The molecular formula is C12H18O3. The molecule has 0 aliphatic carbocycles. The molecule has 3 nitrogen and oxygen atoms in total. The minimum atomic E-state index is -0.648. The minimum absolute atomic E-state index is 0.0197. The van der Waals surface area contributed by atoms with E-state index in [-0.39, 0.29) is 13.2 Å². The summed E-state index contributed by atoms with van der Waals surface area (Å²) in [6.07, 6.45) is 0.441. The van der Waals surface area contributed by atoms with Crippen LogP contribution in [0.1, 0.15) is 18.9 Å². The van der Waals surface area contributed by atoms with Crippen LogP contribution >= 0.6 is 0 Å². The lowest BCUT2D eigenvalue weighted by molar-refractivity contribution is -0.0879. The summed E-state index contributed by atoms with van der Waals surface area (Å²) in [7, 11) is 0. The molecule has 3 heteroatoms. The molecule has 84 valence electrons. The summed E-state index contributed by atoms with van der Waals surface area (Å²) in [6.45, 7) is 2.19. The fraction of sp³-hybridized carbons (Fsp3) is 0.500. The molecule has 0 radical (unpaired) electrons. The molecule has 1 aromatic carbocycles. The molecule has 0 fully saturated rings. The maximum atomic E-state index is 9.16. The lowest BCUT2D eigenvalue weighted by atomic mass is 10.0. The molecule has 0 unspecified atom stereocenters. The van der Waals surface area contributed by atoms with Gasteiger partial charge in [-0.05, 0) is 12.5 Å². The van der Waals surface area contributed by atoms with E-state index in [0.29, 0.717) is 13.0 Å². The van der Waals surface area contributed by atoms with Crippen molar-refractivity contribution in [1.29, 1.82) is 0 Å².